The van der Waals surface area contributed by atoms with Gasteiger partial charge in [-0.2, -0.15) is 0 Å². The third-order valence-electron chi connectivity index (χ3n) is 4.88. The number of carbonyl (C=O) groups excluding carboxylic acids is 1. The van der Waals surface area contributed by atoms with E-state index in [1.807, 2.05) is 19.2 Å². The zero-order valence-electron chi connectivity index (χ0n) is 16.1. The number of hydrogen-bond donors (Lipinski definition) is 1. The number of urea groups is 1. The number of rotatable bonds is 7. The number of likely N-dealkylation sites (tertiary alicyclic amines) is 1. The number of aryl methyl sites for hydroxylation is 1. The summed E-state index contributed by atoms with van der Waals surface area (Å²) in [5, 5.41) is 11.0. The molecule has 1 N–H and O–H groups in total. The molecule has 146 valence electrons. The van der Waals surface area contributed by atoms with Crippen LogP contribution in [0.2, 0.25) is 0 Å². The van der Waals surface area contributed by atoms with Crippen LogP contribution in [0.25, 0.3) is 0 Å². The number of nitrogens with one attached hydrogen (secondary N) is 1. The van der Waals surface area contributed by atoms with E-state index in [1.165, 1.54) is 19.3 Å². The highest BCUT2D eigenvalue weighted by Crippen LogP contribution is 2.23. The second-order valence-electron chi connectivity index (χ2n) is 6.88. The minimum Gasteiger partial charge on any atom is -0.423 e. The van der Waals surface area contributed by atoms with Gasteiger partial charge in [0.15, 0.2) is 0 Å². The summed E-state index contributed by atoms with van der Waals surface area (Å²) < 4.78 is 5.48. The van der Waals surface area contributed by atoms with Crippen molar-refractivity contribution < 1.29 is 9.21 Å². The van der Waals surface area contributed by atoms with Gasteiger partial charge in [0, 0.05) is 32.4 Å². The first kappa shape index (κ1) is 19.3. The molecule has 1 fully saturated rings. The lowest BCUT2D eigenvalue weighted by atomic mass is 10.0. The molecule has 0 unspecified atom stereocenters. The second kappa shape index (κ2) is 9.45. The summed E-state index contributed by atoms with van der Waals surface area (Å²) >= 11 is 0. The first-order chi connectivity index (χ1) is 13.2. The normalized spacial score (nSPS) is 16.1. The van der Waals surface area contributed by atoms with E-state index in [9.17, 15) is 4.79 Å². The van der Waals surface area contributed by atoms with Crippen molar-refractivity contribution in [3.63, 3.8) is 0 Å². The SMILES string of the molecule is CCc1nnc(CN(C)C(=O)NC[C@@H](c2cccnc2)N2CCCCC2)o1. The molecule has 2 amide bonds. The number of aromatic nitrogens is 3. The molecular weight excluding hydrogens is 344 g/mol. The van der Waals surface area contributed by atoms with Crippen LogP contribution in [0.4, 0.5) is 4.79 Å². The zero-order valence-corrected chi connectivity index (χ0v) is 16.1. The van der Waals surface area contributed by atoms with Crippen LogP contribution < -0.4 is 5.32 Å². The molecule has 0 saturated carbocycles. The summed E-state index contributed by atoms with van der Waals surface area (Å²) in [5.41, 5.74) is 1.13. The molecule has 8 nitrogen and oxygen atoms in total. The quantitative estimate of drug-likeness (QED) is 0.803. The van der Waals surface area contributed by atoms with Gasteiger partial charge in [-0.25, -0.2) is 4.79 Å². The fourth-order valence-corrected chi connectivity index (χ4v) is 3.35. The smallest absolute Gasteiger partial charge is 0.317 e. The van der Waals surface area contributed by atoms with Crippen LogP contribution in [-0.4, -0.2) is 57.7 Å². The number of carbonyl (C=O) groups is 1. The van der Waals surface area contributed by atoms with Crippen LogP contribution >= 0.6 is 0 Å². The van der Waals surface area contributed by atoms with Gasteiger partial charge in [-0.1, -0.05) is 19.4 Å². The number of hydrogen-bond acceptors (Lipinski definition) is 6. The van der Waals surface area contributed by atoms with Gasteiger partial charge in [0.25, 0.3) is 0 Å². The maximum Gasteiger partial charge on any atom is 0.317 e. The molecule has 0 bridgehead atoms. The predicted octanol–water partition coefficient (Wildman–Crippen LogP) is 2.40. The maximum absolute atomic E-state index is 12.5. The van der Waals surface area contributed by atoms with E-state index in [1.54, 1.807) is 18.1 Å². The molecule has 1 saturated heterocycles. The number of nitrogens with zero attached hydrogens (tertiary/aromatic N) is 5. The van der Waals surface area contributed by atoms with E-state index < -0.39 is 0 Å². The van der Waals surface area contributed by atoms with Crippen molar-refractivity contribution in [3.8, 4) is 0 Å². The van der Waals surface area contributed by atoms with Crippen molar-refractivity contribution in [3.05, 3.63) is 41.9 Å². The van der Waals surface area contributed by atoms with Crippen LogP contribution in [0.1, 0.15) is 49.6 Å². The average molecular weight is 372 g/mol. The topological polar surface area (TPSA) is 87.4 Å². The molecule has 1 atom stereocenters. The highest BCUT2D eigenvalue weighted by molar-refractivity contribution is 5.73. The van der Waals surface area contributed by atoms with Crippen LogP contribution in [0.5, 0.6) is 0 Å². The summed E-state index contributed by atoms with van der Waals surface area (Å²) in [4.78, 5) is 20.8. The van der Waals surface area contributed by atoms with E-state index in [-0.39, 0.29) is 12.1 Å². The Morgan fingerprint density at radius 1 is 1.30 bits per heavy atom. The Morgan fingerprint density at radius 3 is 2.74 bits per heavy atom. The molecule has 2 aromatic rings. The lowest BCUT2D eigenvalue weighted by Gasteiger charge is -2.35. The Bertz CT molecular complexity index is 714. The molecule has 0 aromatic carbocycles. The van der Waals surface area contributed by atoms with Crippen LogP contribution in [0, 0.1) is 0 Å². The van der Waals surface area contributed by atoms with Gasteiger partial charge in [0.2, 0.25) is 11.8 Å². The van der Waals surface area contributed by atoms with Gasteiger partial charge < -0.3 is 14.6 Å². The molecule has 0 radical (unpaired) electrons. The van der Waals surface area contributed by atoms with Crippen LogP contribution in [0.15, 0.2) is 28.9 Å². The summed E-state index contributed by atoms with van der Waals surface area (Å²) in [6, 6.07) is 4.00. The number of piperidine rings is 1. The lowest BCUT2D eigenvalue weighted by Crippen LogP contribution is -2.44. The Kier molecular flexibility index (Phi) is 6.75. The standard InChI is InChI=1S/C19H28N6O2/c1-3-17-22-23-18(27-17)14-24(2)19(26)21-13-16(15-8-7-9-20-12-15)25-10-5-4-6-11-25/h7-9,12,16H,3-6,10-11,13-14H2,1-2H3,(H,21,26)/t16-/m0/s1. The first-order valence-electron chi connectivity index (χ1n) is 9.61. The summed E-state index contributed by atoms with van der Waals surface area (Å²) in [5.74, 6) is 1.03. The highest BCUT2D eigenvalue weighted by Gasteiger charge is 2.24. The molecule has 1 aliphatic rings. The number of pyridine rings is 1. The Hall–Kier alpha value is -2.48. The van der Waals surface area contributed by atoms with Gasteiger partial charge in [-0.3, -0.25) is 9.88 Å². The van der Waals surface area contributed by atoms with Crippen molar-refractivity contribution in [2.45, 2.75) is 45.2 Å². The van der Waals surface area contributed by atoms with E-state index >= 15 is 0 Å². The molecule has 3 heterocycles. The monoisotopic (exact) mass is 372 g/mol. The molecule has 0 spiro atoms. The fourth-order valence-electron chi connectivity index (χ4n) is 3.35. The summed E-state index contributed by atoms with van der Waals surface area (Å²) in [6.45, 7) is 4.88. The molecule has 8 heteroatoms. The summed E-state index contributed by atoms with van der Waals surface area (Å²) in [7, 11) is 1.73. The zero-order chi connectivity index (χ0) is 19.1. The fraction of sp³-hybridized carbons (Fsp3) is 0.579. The van der Waals surface area contributed by atoms with Gasteiger partial charge in [-0.05, 0) is 37.6 Å². The molecule has 3 rings (SSSR count). The van der Waals surface area contributed by atoms with Gasteiger partial charge >= 0.3 is 6.03 Å². The van der Waals surface area contributed by atoms with Crippen LogP contribution in [0.3, 0.4) is 0 Å². The Balaban J connectivity index is 1.59. The molecule has 1 aliphatic heterocycles. The highest BCUT2D eigenvalue weighted by atomic mass is 16.4. The first-order valence-corrected chi connectivity index (χ1v) is 9.61. The van der Waals surface area contributed by atoms with E-state index in [2.05, 4.69) is 31.5 Å². The lowest BCUT2D eigenvalue weighted by molar-refractivity contribution is 0.155. The predicted molar refractivity (Wildman–Crippen MR) is 101 cm³/mol. The molecular formula is C19H28N6O2. The van der Waals surface area contributed by atoms with Gasteiger partial charge in [-0.15, -0.1) is 10.2 Å². The van der Waals surface area contributed by atoms with Crippen LogP contribution in [-0.2, 0) is 13.0 Å². The molecule has 0 aliphatic carbocycles. The Morgan fingerprint density at radius 2 is 2.07 bits per heavy atom. The number of amides is 2. The minimum atomic E-state index is -0.155. The summed E-state index contributed by atoms with van der Waals surface area (Å²) in [6.07, 6.45) is 8.02. The van der Waals surface area contributed by atoms with E-state index in [0.717, 1.165) is 18.7 Å². The minimum absolute atomic E-state index is 0.131. The van der Waals surface area contributed by atoms with Gasteiger partial charge in [0.05, 0.1) is 6.04 Å². The van der Waals surface area contributed by atoms with Crippen molar-refractivity contribution in [2.24, 2.45) is 0 Å². The second-order valence-corrected chi connectivity index (χ2v) is 6.88. The van der Waals surface area contributed by atoms with Crippen molar-refractivity contribution in [2.75, 3.05) is 26.7 Å². The van der Waals surface area contributed by atoms with Gasteiger partial charge in [0.1, 0.15) is 6.54 Å². The molecule has 27 heavy (non-hydrogen) atoms. The van der Waals surface area contributed by atoms with Crippen molar-refractivity contribution in [1.29, 1.82) is 0 Å². The van der Waals surface area contributed by atoms with E-state index in [0.29, 0.717) is 31.3 Å². The third-order valence-corrected chi connectivity index (χ3v) is 4.88. The molecule has 2 aromatic heterocycles. The largest absolute Gasteiger partial charge is 0.423 e. The third kappa shape index (κ3) is 5.26. The maximum atomic E-state index is 12.5. The Labute approximate surface area is 160 Å². The van der Waals surface area contributed by atoms with Crippen molar-refractivity contribution in [1.82, 2.24) is 30.3 Å². The van der Waals surface area contributed by atoms with E-state index in [4.69, 9.17) is 4.42 Å². The van der Waals surface area contributed by atoms with Crippen molar-refractivity contribution >= 4 is 6.03 Å². The average Bonchev–Trinajstić information content (AvgIpc) is 3.17.